The van der Waals surface area contributed by atoms with Crippen LogP contribution in [0, 0.1) is 0 Å². The highest BCUT2D eigenvalue weighted by atomic mass is 16.5. The van der Waals surface area contributed by atoms with Crippen LogP contribution in [-0.2, 0) is 10.3 Å². The summed E-state index contributed by atoms with van der Waals surface area (Å²) in [7, 11) is 0. The molecular formula is C16H19N3O4. The van der Waals surface area contributed by atoms with Crippen LogP contribution in [0.1, 0.15) is 31.1 Å². The summed E-state index contributed by atoms with van der Waals surface area (Å²) in [5.41, 5.74) is 0.751. The topological polar surface area (TPSA) is 93.5 Å². The molecule has 0 atom stereocenters. The smallest absolute Gasteiger partial charge is 0.341 e. The van der Waals surface area contributed by atoms with Gasteiger partial charge in [0.25, 0.3) is 5.91 Å². The highest BCUT2D eigenvalue weighted by molar-refractivity contribution is 6.04. The van der Waals surface area contributed by atoms with Crippen molar-refractivity contribution in [2.45, 2.75) is 26.3 Å². The van der Waals surface area contributed by atoms with Crippen molar-refractivity contribution in [1.29, 1.82) is 0 Å². The predicted molar refractivity (Wildman–Crippen MR) is 84.7 cm³/mol. The number of ether oxygens (including phenoxy) is 1. The van der Waals surface area contributed by atoms with Crippen LogP contribution in [-0.4, -0.2) is 33.4 Å². The molecular weight excluding hydrogens is 298 g/mol. The Hall–Kier alpha value is -2.83. The molecule has 1 aromatic heterocycles. The van der Waals surface area contributed by atoms with Crippen LogP contribution in [0.5, 0.6) is 5.75 Å². The van der Waals surface area contributed by atoms with Crippen molar-refractivity contribution < 1.29 is 19.4 Å². The first-order valence-corrected chi connectivity index (χ1v) is 7.07. The quantitative estimate of drug-likeness (QED) is 0.883. The molecule has 2 N–H and O–H groups in total. The van der Waals surface area contributed by atoms with E-state index >= 15 is 0 Å². The highest BCUT2D eigenvalue weighted by Gasteiger charge is 2.17. The standard InChI is InChI=1S/C16H19N3O4/c1-16(2,3)19-9-11(8-17-19)15(22)18-12-5-4-6-13(7-12)23-10-14(20)21/h4-9H,10H2,1-3H3,(H,18,22)(H,20,21). The SMILES string of the molecule is CC(C)(C)n1cc(C(=O)Nc2cccc(OCC(=O)O)c2)cn1. The number of hydrogen-bond acceptors (Lipinski definition) is 4. The van der Waals surface area contributed by atoms with E-state index in [0.29, 0.717) is 17.0 Å². The number of rotatable bonds is 5. The average Bonchev–Trinajstić information content (AvgIpc) is 2.95. The molecule has 1 aromatic carbocycles. The normalized spacial score (nSPS) is 11.1. The maximum atomic E-state index is 12.2. The summed E-state index contributed by atoms with van der Waals surface area (Å²) in [6.45, 7) is 5.54. The lowest BCUT2D eigenvalue weighted by Crippen LogP contribution is -2.22. The molecule has 0 fully saturated rings. The maximum Gasteiger partial charge on any atom is 0.341 e. The van der Waals surface area contributed by atoms with Gasteiger partial charge in [-0.15, -0.1) is 0 Å². The second-order valence-electron chi connectivity index (χ2n) is 6.01. The van der Waals surface area contributed by atoms with E-state index in [1.54, 1.807) is 35.1 Å². The van der Waals surface area contributed by atoms with Crippen molar-refractivity contribution in [3.05, 3.63) is 42.2 Å². The van der Waals surface area contributed by atoms with Gasteiger partial charge in [-0.25, -0.2) is 4.79 Å². The van der Waals surface area contributed by atoms with Crippen LogP contribution in [0.4, 0.5) is 5.69 Å². The average molecular weight is 317 g/mol. The lowest BCUT2D eigenvalue weighted by Gasteiger charge is -2.18. The number of aliphatic carboxylic acids is 1. The third-order valence-corrected chi connectivity index (χ3v) is 2.99. The fourth-order valence-corrected chi connectivity index (χ4v) is 1.82. The van der Waals surface area contributed by atoms with Crippen molar-refractivity contribution >= 4 is 17.6 Å². The maximum absolute atomic E-state index is 12.2. The summed E-state index contributed by atoms with van der Waals surface area (Å²) in [6, 6.07) is 6.55. The Kier molecular flexibility index (Phi) is 4.68. The molecule has 2 aromatic rings. The van der Waals surface area contributed by atoms with E-state index in [2.05, 4.69) is 10.4 Å². The number of nitrogens with one attached hydrogen (secondary N) is 1. The molecule has 2 rings (SSSR count). The van der Waals surface area contributed by atoms with Crippen molar-refractivity contribution in [2.24, 2.45) is 0 Å². The molecule has 23 heavy (non-hydrogen) atoms. The largest absolute Gasteiger partial charge is 0.482 e. The molecule has 1 heterocycles. The summed E-state index contributed by atoms with van der Waals surface area (Å²) in [4.78, 5) is 22.7. The van der Waals surface area contributed by atoms with Crippen LogP contribution < -0.4 is 10.1 Å². The Morgan fingerprint density at radius 2 is 2.09 bits per heavy atom. The summed E-state index contributed by atoms with van der Waals surface area (Å²) < 4.78 is 6.79. The van der Waals surface area contributed by atoms with Gasteiger partial charge in [0.05, 0.1) is 17.3 Å². The van der Waals surface area contributed by atoms with Crippen molar-refractivity contribution in [2.75, 3.05) is 11.9 Å². The first-order valence-electron chi connectivity index (χ1n) is 7.07. The van der Waals surface area contributed by atoms with Crippen molar-refractivity contribution in [3.8, 4) is 5.75 Å². The number of anilines is 1. The van der Waals surface area contributed by atoms with Gasteiger partial charge in [0.1, 0.15) is 5.75 Å². The van der Waals surface area contributed by atoms with Gasteiger partial charge in [-0.1, -0.05) is 6.07 Å². The number of hydrogen-bond donors (Lipinski definition) is 2. The monoisotopic (exact) mass is 317 g/mol. The van der Waals surface area contributed by atoms with Gasteiger partial charge in [-0.3, -0.25) is 9.48 Å². The first-order chi connectivity index (χ1) is 10.8. The molecule has 7 heteroatoms. The van der Waals surface area contributed by atoms with Gasteiger partial charge in [0.2, 0.25) is 0 Å². The van der Waals surface area contributed by atoms with Crippen molar-refractivity contribution in [3.63, 3.8) is 0 Å². The van der Waals surface area contributed by atoms with E-state index in [1.807, 2.05) is 20.8 Å². The van der Waals surface area contributed by atoms with Crippen LogP contribution in [0.3, 0.4) is 0 Å². The van der Waals surface area contributed by atoms with E-state index in [0.717, 1.165) is 0 Å². The van der Waals surface area contributed by atoms with E-state index in [9.17, 15) is 9.59 Å². The highest BCUT2D eigenvalue weighted by Crippen LogP contribution is 2.19. The fourth-order valence-electron chi connectivity index (χ4n) is 1.82. The zero-order chi connectivity index (χ0) is 17.0. The van der Waals surface area contributed by atoms with E-state index in [1.165, 1.54) is 6.20 Å². The summed E-state index contributed by atoms with van der Waals surface area (Å²) in [5.74, 6) is -0.986. The van der Waals surface area contributed by atoms with Gasteiger partial charge >= 0.3 is 5.97 Å². The zero-order valence-corrected chi connectivity index (χ0v) is 13.2. The number of amides is 1. The third-order valence-electron chi connectivity index (χ3n) is 2.99. The summed E-state index contributed by atoms with van der Waals surface area (Å²) >= 11 is 0. The Bertz CT molecular complexity index is 716. The molecule has 7 nitrogen and oxygen atoms in total. The predicted octanol–water partition coefficient (Wildman–Crippen LogP) is 2.35. The van der Waals surface area contributed by atoms with Gasteiger partial charge in [0.15, 0.2) is 6.61 Å². The molecule has 1 amide bonds. The number of benzene rings is 1. The molecule has 0 saturated heterocycles. The molecule has 0 unspecified atom stereocenters. The van der Waals surface area contributed by atoms with E-state index in [-0.39, 0.29) is 11.4 Å². The van der Waals surface area contributed by atoms with Crippen LogP contribution in [0.2, 0.25) is 0 Å². The lowest BCUT2D eigenvalue weighted by atomic mass is 10.1. The van der Waals surface area contributed by atoms with Crippen LogP contribution in [0.15, 0.2) is 36.7 Å². The number of carboxylic acid groups (broad SMARTS) is 1. The second-order valence-corrected chi connectivity index (χ2v) is 6.01. The Morgan fingerprint density at radius 1 is 1.35 bits per heavy atom. The molecule has 0 radical (unpaired) electrons. The number of carbonyl (C=O) groups excluding carboxylic acids is 1. The van der Waals surface area contributed by atoms with Gasteiger partial charge < -0.3 is 15.2 Å². The number of aromatic nitrogens is 2. The summed E-state index contributed by atoms with van der Waals surface area (Å²) in [5, 5.41) is 15.5. The Labute approximate surface area is 133 Å². The molecule has 0 aliphatic rings. The Morgan fingerprint density at radius 3 is 2.70 bits per heavy atom. The molecule has 0 aliphatic heterocycles. The first kappa shape index (κ1) is 16.5. The van der Waals surface area contributed by atoms with Gasteiger partial charge in [0, 0.05) is 18.0 Å². The van der Waals surface area contributed by atoms with Gasteiger partial charge in [-0.2, -0.15) is 5.10 Å². The fraction of sp³-hybridized carbons (Fsp3) is 0.312. The molecule has 0 bridgehead atoms. The van der Waals surface area contributed by atoms with Crippen molar-refractivity contribution in [1.82, 2.24) is 9.78 Å². The Balaban J connectivity index is 2.06. The van der Waals surface area contributed by atoms with E-state index in [4.69, 9.17) is 9.84 Å². The number of carbonyl (C=O) groups is 2. The molecule has 0 aliphatic carbocycles. The molecule has 0 saturated carbocycles. The number of nitrogens with zero attached hydrogens (tertiary/aromatic N) is 2. The minimum Gasteiger partial charge on any atom is -0.482 e. The minimum atomic E-state index is -1.06. The van der Waals surface area contributed by atoms with Gasteiger partial charge in [-0.05, 0) is 32.9 Å². The van der Waals surface area contributed by atoms with Crippen LogP contribution in [0.25, 0.3) is 0 Å². The molecule has 122 valence electrons. The molecule has 0 spiro atoms. The summed E-state index contributed by atoms with van der Waals surface area (Å²) in [6.07, 6.45) is 3.19. The lowest BCUT2D eigenvalue weighted by molar-refractivity contribution is -0.139. The zero-order valence-electron chi connectivity index (χ0n) is 13.2. The van der Waals surface area contributed by atoms with E-state index < -0.39 is 12.6 Å². The third kappa shape index (κ3) is 4.57. The number of carboxylic acids is 1. The minimum absolute atomic E-state index is 0.205. The van der Waals surface area contributed by atoms with Crippen LogP contribution >= 0.6 is 0 Å². The second kappa shape index (κ2) is 6.51.